The Morgan fingerprint density at radius 3 is 2.75 bits per heavy atom. The van der Waals surface area contributed by atoms with Gasteiger partial charge in [-0.2, -0.15) is 0 Å². The number of rotatable bonds is 3. The van der Waals surface area contributed by atoms with Crippen molar-refractivity contribution in [1.29, 1.82) is 0 Å². The van der Waals surface area contributed by atoms with Gasteiger partial charge in [0.1, 0.15) is 6.54 Å². The summed E-state index contributed by atoms with van der Waals surface area (Å²) >= 11 is 0.885. The summed E-state index contributed by atoms with van der Waals surface area (Å²) in [5.74, 6) is -0.572. The Morgan fingerprint density at radius 1 is 1.17 bits per heavy atom. The summed E-state index contributed by atoms with van der Waals surface area (Å²) in [5, 5.41) is 2.84. The van der Waals surface area contributed by atoms with Gasteiger partial charge in [0.15, 0.2) is 0 Å². The predicted molar refractivity (Wildman–Crippen MR) is 93.2 cm³/mol. The van der Waals surface area contributed by atoms with Gasteiger partial charge in [-0.05, 0) is 36.4 Å². The van der Waals surface area contributed by atoms with Crippen LogP contribution < -0.4 is 5.32 Å². The fourth-order valence-corrected chi connectivity index (χ4v) is 3.51. The Hall–Kier alpha value is -2.12. The zero-order valence-corrected chi connectivity index (χ0v) is 14.1. The fraction of sp³-hybridized carbons (Fsp3) is 0.353. The number of hydrogen-bond donors (Lipinski definition) is 1. The Balaban J connectivity index is 1.68. The number of nitrogens with zero attached hydrogens (tertiary/aromatic N) is 2. The molecule has 1 aromatic rings. The maximum absolute atomic E-state index is 12.4. The van der Waals surface area contributed by atoms with E-state index in [1.54, 1.807) is 11.0 Å². The molecule has 0 radical (unpaired) electrons. The molecule has 1 aromatic carbocycles. The van der Waals surface area contributed by atoms with Gasteiger partial charge in [-0.3, -0.25) is 19.3 Å². The van der Waals surface area contributed by atoms with Gasteiger partial charge in [-0.15, -0.1) is 0 Å². The maximum atomic E-state index is 12.4. The third kappa shape index (κ3) is 3.85. The zero-order valence-electron chi connectivity index (χ0n) is 13.2. The molecule has 24 heavy (non-hydrogen) atoms. The highest BCUT2D eigenvalue weighted by Gasteiger charge is 2.37. The van der Waals surface area contributed by atoms with E-state index in [1.807, 2.05) is 30.3 Å². The average Bonchev–Trinajstić information content (AvgIpc) is 2.80. The van der Waals surface area contributed by atoms with Crippen LogP contribution in [-0.4, -0.2) is 59.6 Å². The monoisotopic (exact) mass is 345 g/mol. The summed E-state index contributed by atoms with van der Waals surface area (Å²) < 4.78 is 0. The van der Waals surface area contributed by atoms with Crippen molar-refractivity contribution in [2.45, 2.75) is 6.42 Å². The summed E-state index contributed by atoms with van der Waals surface area (Å²) in [6.07, 6.45) is 2.56. The van der Waals surface area contributed by atoms with Gasteiger partial charge in [-0.25, -0.2) is 0 Å². The summed E-state index contributed by atoms with van der Waals surface area (Å²) in [5.41, 5.74) is 0.855. The summed E-state index contributed by atoms with van der Waals surface area (Å²) in [4.78, 5) is 40.1. The molecule has 0 unspecified atom stereocenters. The number of carbonyl (C=O) groups excluding carboxylic acids is 3. The van der Waals surface area contributed by atoms with E-state index in [2.05, 4.69) is 5.32 Å². The molecule has 3 rings (SSSR count). The minimum absolute atomic E-state index is 0.179. The summed E-state index contributed by atoms with van der Waals surface area (Å²) in [7, 11) is 0. The van der Waals surface area contributed by atoms with Crippen LogP contribution in [0.15, 0.2) is 35.2 Å². The second kappa shape index (κ2) is 7.63. The molecule has 2 aliphatic rings. The summed E-state index contributed by atoms with van der Waals surface area (Å²) in [6, 6.07) is 9.35. The standard InChI is InChI=1S/C17H19N3O3S/c21-15(19-9-4-7-18-8-10-19)12-20-16(22)14(24-17(20)23)11-13-5-2-1-3-6-13/h1-3,5-6,11,18H,4,7-10,12H2/b14-11+. The SMILES string of the molecule is O=C(CN1C(=O)S/C(=C/c2ccccc2)C1=O)N1CCCNCC1. The van der Waals surface area contributed by atoms with E-state index in [0.29, 0.717) is 18.0 Å². The van der Waals surface area contributed by atoms with Crippen molar-refractivity contribution in [3.05, 3.63) is 40.8 Å². The first-order valence-corrected chi connectivity index (χ1v) is 8.76. The Kier molecular flexibility index (Phi) is 5.32. The van der Waals surface area contributed by atoms with Gasteiger partial charge in [0.05, 0.1) is 4.91 Å². The Morgan fingerprint density at radius 2 is 1.96 bits per heavy atom. The topological polar surface area (TPSA) is 69.7 Å². The van der Waals surface area contributed by atoms with Crippen molar-refractivity contribution in [2.24, 2.45) is 0 Å². The zero-order chi connectivity index (χ0) is 16.9. The van der Waals surface area contributed by atoms with Crippen LogP contribution in [0.2, 0.25) is 0 Å². The second-order valence-corrected chi connectivity index (χ2v) is 6.66. The van der Waals surface area contributed by atoms with Crippen LogP contribution in [0.5, 0.6) is 0 Å². The van der Waals surface area contributed by atoms with Crippen molar-refractivity contribution < 1.29 is 14.4 Å². The van der Waals surface area contributed by atoms with E-state index in [4.69, 9.17) is 0 Å². The van der Waals surface area contributed by atoms with Crippen LogP contribution >= 0.6 is 11.8 Å². The highest BCUT2D eigenvalue weighted by Crippen LogP contribution is 2.32. The normalized spacial score (nSPS) is 20.6. The molecule has 0 saturated carbocycles. The quantitative estimate of drug-likeness (QED) is 0.842. The van der Waals surface area contributed by atoms with Gasteiger partial charge in [-0.1, -0.05) is 30.3 Å². The van der Waals surface area contributed by atoms with Crippen LogP contribution in [0.1, 0.15) is 12.0 Å². The van der Waals surface area contributed by atoms with E-state index < -0.39 is 5.91 Å². The largest absolute Gasteiger partial charge is 0.340 e. The van der Waals surface area contributed by atoms with E-state index >= 15 is 0 Å². The lowest BCUT2D eigenvalue weighted by Gasteiger charge is -2.22. The van der Waals surface area contributed by atoms with Crippen molar-refractivity contribution >= 4 is 34.9 Å². The van der Waals surface area contributed by atoms with Gasteiger partial charge in [0.2, 0.25) is 5.91 Å². The van der Waals surface area contributed by atoms with Crippen LogP contribution in [0.3, 0.4) is 0 Å². The third-order valence-corrected chi connectivity index (χ3v) is 4.86. The number of amides is 3. The molecule has 0 atom stereocenters. The molecule has 2 heterocycles. The first-order chi connectivity index (χ1) is 11.6. The first kappa shape index (κ1) is 16.7. The number of carbonyl (C=O) groups is 3. The molecule has 7 heteroatoms. The molecule has 0 aromatic heterocycles. The summed E-state index contributed by atoms with van der Waals surface area (Å²) in [6.45, 7) is 2.69. The average molecular weight is 345 g/mol. The van der Waals surface area contributed by atoms with Crippen molar-refractivity contribution in [3.63, 3.8) is 0 Å². The molecule has 2 saturated heterocycles. The minimum Gasteiger partial charge on any atom is -0.340 e. The van der Waals surface area contributed by atoms with Gasteiger partial charge in [0.25, 0.3) is 11.1 Å². The highest BCUT2D eigenvalue weighted by molar-refractivity contribution is 8.18. The van der Waals surface area contributed by atoms with Crippen molar-refractivity contribution in [1.82, 2.24) is 15.1 Å². The molecule has 2 fully saturated rings. The second-order valence-electron chi connectivity index (χ2n) is 5.66. The molecule has 126 valence electrons. The number of hydrogen-bond acceptors (Lipinski definition) is 5. The molecule has 1 N–H and O–H groups in total. The molecule has 0 bridgehead atoms. The predicted octanol–water partition coefficient (Wildman–Crippen LogP) is 1.54. The molecule has 0 spiro atoms. The molecule has 6 nitrogen and oxygen atoms in total. The van der Waals surface area contributed by atoms with Crippen LogP contribution in [0, 0.1) is 0 Å². The fourth-order valence-electron chi connectivity index (χ4n) is 2.67. The minimum atomic E-state index is -0.393. The number of nitrogens with one attached hydrogen (secondary N) is 1. The Bertz CT molecular complexity index is 667. The van der Waals surface area contributed by atoms with Crippen LogP contribution in [0.25, 0.3) is 6.08 Å². The number of imide groups is 1. The molecular formula is C17H19N3O3S. The highest BCUT2D eigenvalue weighted by atomic mass is 32.2. The first-order valence-electron chi connectivity index (χ1n) is 7.94. The molecule has 2 aliphatic heterocycles. The Labute approximate surface area is 144 Å². The van der Waals surface area contributed by atoms with Gasteiger partial charge >= 0.3 is 0 Å². The van der Waals surface area contributed by atoms with Crippen molar-refractivity contribution in [2.75, 3.05) is 32.7 Å². The van der Waals surface area contributed by atoms with Gasteiger partial charge in [0, 0.05) is 19.6 Å². The maximum Gasteiger partial charge on any atom is 0.294 e. The van der Waals surface area contributed by atoms with E-state index in [9.17, 15) is 14.4 Å². The third-order valence-electron chi connectivity index (χ3n) is 3.96. The van der Waals surface area contributed by atoms with Crippen molar-refractivity contribution in [3.8, 4) is 0 Å². The van der Waals surface area contributed by atoms with E-state index in [-0.39, 0.29) is 17.7 Å². The lowest BCUT2D eigenvalue weighted by atomic mass is 10.2. The lowest BCUT2D eigenvalue weighted by Crippen LogP contribution is -2.43. The lowest BCUT2D eigenvalue weighted by molar-refractivity contribution is -0.135. The molecule has 3 amide bonds. The molecular weight excluding hydrogens is 326 g/mol. The van der Waals surface area contributed by atoms with E-state index in [0.717, 1.165) is 41.7 Å². The smallest absolute Gasteiger partial charge is 0.294 e. The number of benzene rings is 1. The van der Waals surface area contributed by atoms with Crippen LogP contribution in [-0.2, 0) is 9.59 Å². The molecule has 0 aliphatic carbocycles. The van der Waals surface area contributed by atoms with Gasteiger partial charge < -0.3 is 10.2 Å². The van der Waals surface area contributed by atoms with E-state index in [1.165, 1.54) is 0 Å². The van der Waals surface area contributed by atoms with Crippen LogP contribution in [0.4, 0.5) is 4.79 Å². The number of thioether (sulfide) groups is 1.